The fourth-order valence-corrected chi connectivity index (χ4v) is 7.76. The van der Waals surface area contributed by atoms with Crippen LogP contribution in [0.2, 0.25) is 5.02 Å². The number of piperidine rings is 1. The fourth-order valence-electron chi connectivity index (χ4n) is 7.51. The molecule has 1 aliphatic carbocycles. The Kier molecular flexibility index (Phi) is 7.72. The standard InChI is InChI=1S/C31H37ClFN7O4/c1-17-12-20-19(13-34-38-20)22(24(17)32)26-25(33)27-23(29(35-26)42-3)28(40-10-11-43-15-18(41)14-40)37-30(36-27)44-16-31-7-4-6-21(31)39(2)9-5-8-31/h12-13,18,21,41H,4-11,14-16H2,1-3H3,(H,34,38). The number of anilines is 1. The van der Waals surface area contributed by atoms with Crippen LogP contribution in [0.4, 0.5) is 10.2 Å². The lowest BCUT2D eigenvalue weighted by molar-refractivity contribution is 0.0133. The molecule has 13 heteroatoms. The summed E-state index contributed by atoms with van der Waals surface area (Å²) in [4.78, 5) is 18.4. The molecule has 3 fully saturated rings. The Hall–Kier alpha value is -3.32. The van der Waals surface area contributed by atoms with Crippen LogP contribution in [-0.2, 0) is 4.74 Å². The first kappa shape index (κ1) is 29.4. The molecule has 11 nitrogen and oxygen atoms in total. The second-order valence-electron chi connectivity index (χ2n) is 12.4. The van der Waals surface area contributed by atoms with E-state index in [1.54, 1.807) is 6.20 Å². The van der Waals surface area contributed by atoms with Gasteiger partial charge in [0.05, 0.1) is 49.8 Å². The number of aliphatic hydroxyl groups excluding tert-OH is 1. The summed E-state index contributed by atoms with van der Waals surface area (Å²) in [5, 5.41) is 18.9. The quantitative estimate of drug-likeness (QED) is 0.316. The van der Waals surface area contributed by atoms with E-state index in [1.165, 1.54) is 7.11 Å². The van der Waals surface area contributed by atoms with E-state index in [0.717, 1.165) is 44.2 Å². The summed E-state index contributed by atoms with van der Waals surface area (Å²) in [5.74, 6) is -0.171. The van der Waals surface area contributed by atoms with Crippen molar-refractivity contribution in [1.29, 1.82) is 0 Å². The minimum absolute atomic E-state index is 0.000261. The van der Waals surface area contributed by atoms with Crippen LogP contribution in [-0.4, -0.2) is 101 Å². The molecule has 4 aromatic rings. The maximum Gasteiger partial charge on any atom is 0.319 e. The smallest absolute Gasteiger partial charge is 0.319 e. The van der Waals surface area contributed by atoms with Crippen molar-refractivity contribution in [2.45, 2.75) is 51.2 Å². The van der Waals surface area contributed by atoms with E-state index in [-0.39, 0.29) is 47.1 Å². The maximum absolute atomic E-state index is 16.9. The van der Waals surface area contributed by atoms with Gasteiger partial charge >= 0.3 is 6.01 Å². The number of fused-ring (bicyclic) bond motifs is 3. The average Bonchev–Trinajstić information content (AvgIpc) is 3.61. The van der Waals surface area contributed by atoms with Crippen LogP contribution in [0, 0.1) is 18.2 Å². The fraction of sp³-hybridized carbons (Fsp3) is 0.548. The molecular formula is C31H37ClFN7O4. The maximum atomic E-state index is 16.9. The van der Waals surface area contributed by atoms with Gasteiger partial charge in [-0.3, -0.25) is 5.10 Å². The van der Waals surface area contributed by atoms with Crippen LogP contribution in [0.15, 0.2) is 12.3 Å². The van der Waals surface area contributed by atoms with Gasteiger partial charge in [-0.1, -0.05) is 18.0 Å². The van der Waals surface area contributed by atoms with E-state index in [1.807, 2.05) is 17.9 Å². The molecule has 3 atom stereocenters. The number of pyridine rings is 1. The van der Waals surface area contributed by atoms with Crippen molar-refractivity contribution in [3.8, 4) is 23.1 Å². The number of hydrogen-bond donors (Lipinski definition) is 2. The number of benzene rings is 1. The number of β-amino-alcohol motifs (C(OH)–C–C–N with tert-alkyl or cyclic N) is 1. The SMILES string of the molecule is COc1nc(-c2c(Cl)c(C)cc3[nH]ncc23)c(F)c2nc(OCC34CCCC3N(C)CCC4)nc(N3CCOCC(O)C3)c12. The molecule has 3 aromatic heterocycles. The number of aromatic amines is 1. The van der Waals surface area contributed by atoms with Gasteiger partial charge in [-0.15, -0.1) is 0 Å². The number of aryl methyl sites for hydroxylation is 1. The number of rotatable bonds is 6. The Labute approximate surface area is 259 Å². The zero-order chi connectivity index (χ0) is 30.6. The Bertz CT molecular complexity index is 1720. The van der Waals surface area contributed by atoms with Crippen molar-refractivity contribution in [2.24, 2.45) is 5.41 Å². The van der Waals surface area contributed by atoms with Gasteiger partial charge in [0.15, 0.2) is 5.82 Å². The Morgan fingerprint density at radius 2 is 2.07 bits per heavy atom. The van der Waals surface area contributed by atoms with E-state index in [9.17, 15) is 5.11 Å². The molecule has 44 heavy (non-hydrogen) atoms. The highest BCUT2D eigenvalue weighted by molar-refractivity contribution is 6.35. The van der Waals surface area contributed by atoms with Crippen molar-refractivity contribution in [3.63, 3.8) is 0 Å². The van der Waals surface area contributed by atoms with Crippen molar-refractivity contribution in [2.75, 3.05) is 58.5 Å². The van der Waals surface area contributed by atoms with Crippen LogP contribution in [0.3, 0.4) is 0 Å². The normalized spacial score (nSPS) is 24.5. The number of ether oxygens (including phenoxy) is 3. The highest BCUT2D eigenvalue weighted by Crippen LogP contribution is 2.48. The van der Waals surface area contributed by atoms with Gasteiger partial charge in [-0.05, 0) is 57.8 Å². The number of aromatic nitrogens is 5. The zero-order valence-electron chi connectivity index (χ0n) is 25.2. The molecular weight excluding hydrogens is 589 g/mol. The molecule has 234 valence electrons. The number of nitrogens with zero attached hydrogens (tertiary/aromatic N) is 6. The van der Waals surface area contributed by atoms with Crippen LogP contribution in [0.5, 0.6) is 11.9 Å². The summed E-state index contributed by atoms with van der Waals surface area (Å²) in [6.07, 6.45) is 6.37. The van der Waals surface area contributed by atoms with Gasteiger partial charge in [-0.25, -0.2) is 9.37 Å². The molecule has 2 saturated heterocycles. The average molecular weight is 626 g/mol. The summed E-state index contributed by atoms with van der Waals surface area (Å²) >= 11 is 6.80. The van der Waals surface area contributed by atoms with E-state index < -0.39 is 11.9 Å². The molecule has 3 unspecified atom stereocenters. The predicted molar refractivity (Wildman–Crippen MR) is 165 cm³/mol. The Morgan fingerprint density at radius 1 is 1.23 bits per heavy atom. The molecule has 2 aliphatic heterocycles. The molecule has 1 aromatic carbocycles. The molecule has 0 bridgehead atoms. The van der Waals surface area contributed by atoms with Crippen LogP contribution >= 0.6 is 11.6 Å². The lowest BCUT2D eigenvalue weighted by Gasteiger charge is -2.44. The molecule has 0 spiro atoms. The van der Waals surface area contributed by atoms with Crippen molar-refractivity contribution >= 4 is 39.2 Å². The lowest BCUT2D eigenvalue weighted by Crippen LogP contribution is -2.50. The number of methoxy groups -OCH3 is 1. The zero-order valence-corrected chi connectivity index (χ0v) is 26.0. The third-order valence-corrected chi connectivity index (χ3v) is 10.1. The van der Waals surface area contributed by atoms with Crippen LogP contribution in [0.1, 0.15) is 37.7 Å². The number of likely N-dealkylation sites (tertiary alicyclic amines) is 1. The summed E-state index contributed by atoms with van der Waals surface area (Å²) in [6, 6.07) is 2.37. The number of H-pyrrole nitrogens is 1. The minimum Gasteiger partial charge on any atom is -0.480 e. The summed E-state index contributed by atoms with van der Waals surface area (Å²) in [5.41, 5.74) is 1.84. The first-order chi connectivity index (χ1) is 21.3. The molecule has 3 aliphatic rings. The second-order valence-corrected chi connectivity index (χ2v) is 12.7. The van der Waals surface area contributed by atoms with Crippen molar-refractivity contribution < 1.29 is 23.7 Å². The molecule has 0 amide bonds. The molecule has 5 heterocycles. The van der Waals surface area contributed by atoms with Crippen LogP contribution in [0.25, 0.3) is 33.1 Å². The molecule has 1 saturated carbocycles. The van der Waals surface area contributed by atoms with Crippen molar-refractivity contribution in [1.82, 2.24) is 30.0 Å². The molecule has 2 N–H and O–H groups in total. The summed E-state index contributed by atoms with van der Waals surface area (Å²) in [7, 11) is 3.66. The number of aliphatic hydroxyl groups is 1. The predicted octanol–water partition coefficient (Wildman–Crippen LogP) is 4.52. The summed E-state index contributed by atoms with van der Waals surface area (Å²) < 4.78 is 34.7. The number of nitrogens with one attached hydrogen (secondary N) is 1. The van der Waals surface area contributed by atoms with E-state index >= 15 is 4.39 Å². The van der Waals surface area contributed by atoms with E-state index in [0.29, 0.717) is 53.1 Å². The van der Waals surface area contributed by atoms with E-state index in [4.69, 9.17) is 30.8 Å². The van der Waals surface area contributed by atoms with Gasteiger partial charge in [0.1, 0.15) is 22.4 Å². The highest BCUT2D eigenvalue weighted by atomic mass is 35.5. The third kappa shape index (κ3) is 4.92. The van der Waals surface area contributed by atoms with Gasteiger partial charge in [0, 0.05) is 35.5 Å². The minimum atomic E-state index is -0.758. The molecule has 0 radical (unpaired) electrons. The van der Waals surface area contributed by atoms with Gasteiger partial charge in [-0.2, -0.15) is 15.1 Å². The Morgan fingerprint density at radius 3 is 2.91 bits per heavy atom. The topological polar surface area (TPSA) is 122 Å². The first-order valence-electron chi connectivity index (χ1n) is 15.2. The highest BCUT2D eigenvalue weighted by Gasteiger charge is 2.47. The second kappa shape index (κ2) is 11.6. The van der Waals surface area contributed by atoms with Crippen molar-refractivity contribution in [3.05, 3.63) is 28.7 Å². The summed E-state index contributed by atoms with van der Waals surface area (Å²) in [6.45, 7) is 4.58. The third-order valence-electron chi connectivity index (χ3n) is 9.62. The lowest BCUT2D eigenvalue weighted by atomic mass is 9.76. The largest absolute Gasteiger partial charge is 0.480 e. The first-order valence-corrected chi connectivity index (χ1v) is 15.6. The Balaban J connectivity index is 1.40. The monoisotopic (exact) mass is 625 g/mol. The number of halogens is 2. The molecule has 7 rings (SSSR count). The van der Waals surface area contributed by atoms with E-state index in [2.05, 4.69) is 32.1 Å². The van der Waals surface area contributed by atoms with Gasteiger partial charge in [0.2, 0.25) is 5.88 Å². The van der Waals surface area contributed by atoms with Gasteiger partial charge < -0.3 is 29.1 Å². The van der Waals surface area contributed by atoms with Crippen LogP contribution < -0.4 is 14.4 Å². The van der Waals surface area contributed by atoms with Gasteiger partial charge in [0.25, 0.3) is 0 Å². The number of hydrogen-bond acceptors (Lipinski definition) is 10.